The highest BCUT2D eigenvalue weighted by atomic mass is 16.6. The molecule has 1 saturated heterocycles. The Kier molecular flexibility index (Phi) is 5.16. The lowest BCUT2D eigenvalue weighted by Crippen LogP contribution is -2.48. The molecule has 1 aromatic rings. The Morgan fingerprint density at radius 3 is 2.67 bits per heavy atom. The van der Waals surface area contributed by atoms with Crippen molar-refractivity contribution in [3.63, 3.8) is 0 Å². The number of esters is 1. The quantitative estimate of drug-likeness (QED) is 0.847. The van der Waals surface area contributed by atoms with Gasteiger partial charge in [0.1, 0.15) is 6.61 Å². The van der Waals surface area contributed by atoms with Crippen molar-refractivity contribution in [2.24, 2.45) is 5.92 Å². The van der Waals surface area contributed by atoms with E-state index in [1.165, 1.54) is 12.0 Å². The van der Waals surface area contributed by atoms with Gasteiger partial charge in [-0.1, -0.05) is 30.3 Å². The van der Waals surface area contributed by atoms with E-state index in [0.29, 0.717) is 6.42 Å². The van der Waals surface area contributed by atoms with E-state index in [4.69, 9.17) is 4.74 Å². The summed E-state index contributed by atoms with van der Waals surface area (Å²) < 4.78 is 9.87. The monoisotopic (exact) mass is 293 g/mol. The average Bonchev–Trinajstić information content (AvgIpc) is 2.52. The molecule has 0 radical (unpaired) electrons. The normalized spacial score (nSPS) is 21.7. The number of piperidine rings is 1. The number of aliphatic hydroxyl groups excluding tert-OH is 1. The average molecular weight is 293 g/mol. The highest BCUT2D eigenvalue weighted by Gasteiger charge is 2.34. The molecule has 2 unspecified atom stereocenters. The molecule has 0 saturated carbocycles. The van der Waals surface area contributed by atoms with Crippen LogP contribution in [0.25, 0.3) is 0 Å². The minimum atomic E-state index is -0.743. The summed E-state index contributed by atoms with van der Waals surface area (Å²) in [5.41, 5.74) is 0.882. The standard InChI is InChI=1S/C15H19NO5/c1-20-14(18)12-7-13(17)9-16(8-12)15(19)21-10-11-5-3-2-4-6-11/h2-6,12-13,17H,7-10H2,1H3. The van der Waals surface area contributed by atoms with Crippen molar-refractivity contribution >= 4 is 12.1 Å². The first-order chi connectivity index (χ1) is 10.1. The van der Waals surface area contributed by atoms with Gasteiger partial charge in [0.25, 0.3) is 0 Å². The highest BCUT2D eigenvalue weighted by molar-refractivity contribution is 5.74. The van der Waals surface area contributed by atoms with Gasteiger partial charge in [-0.2, -0.15) is 0 Å². The predicted octanol–water partition coefficient (Wildman–Crippen LogP) is 1.18. The first kappa shape index (κ1) is 15.3. The fourth-order valence-electron chi connectivity index (χ4n) is 2.37. The number of hydrogen-bond donors (Lipinski definition) is 1. The predicted molar refractivity (Wildman–Crippen MR) is 74.3 cm³/mol. The van der Waals surface area contributed by atoms with E-state index in [9.17, 15) is 14.7 Å². The van der Waals surface area contributed by atoms with Crippen LogP contribution in [0.3, 0.4) is 0 Å². The van der Waals surface area contributed by atoms with Crippen LogP contribution in [0.15, 0.2) is 30.3 Å². The maximum Gasteiger partial charge on any atom is 0.410 e. The molecule has 1 fully saturated rings. The number of rotatable bonds is 3. The van der Waals surface area contributed by atoms with Gasteiger partial charge in [-0.25, -0.2) is 4.79 Å². The van der Waals surface area contributed by atoms with Crippen molar-refractivity contribution < 1.29 is 24.2 Å². The molecule has 114 valence electrons. The van der Waals surface area contributed by atoms with Crippen LogP contribution in [-0.2, 0) is 20.9 Å². The Bertz CT molecular complexity index is 490. The number of aliphatic hydroxyl groups is 1. The second-order valence-corrected chi connectivity index (χ2v) is 5.05. The number of β-amino-alcohol motifs (C(OH)–C–C–N with tert-alkyl or cyclic N) is 1. The molecule has 0 spiro atoms. The largest absolute Gasteiger partial charge is 0.469 e. The second-order valence-electron chi connectivity index (χ2n) is 5.05. The topological polar surface area (TPSA) is 76.1 Å². The molecule has 6 nitrogen and oxygen atoms in total. The van der Waals surface area contributed by atoms with Gasteiger partial charge in [-0.05, 0) is 12.0 Å². The molecule has 0 aliphatic carbocycles. The van der Waals surface area contributed by atoms with E-state index in [-0.39, 0.29) is 19.7 Å². The number of nitrogens with zero attached hydrogens (tertiary/aromatic N) is 1. The smallest absolute Gasteiger partial charge is 0.410 e. The molecule has 0 aromatic heterocycles. The van der Waals surface area contributed by atoms with Gasteiger partial charge in [0, 0.05) is 13.1 Å². The molecule has 6 heteroatoms. The number of ether oxygens (including phenoxy) is 2. The number of hydrogen-bond acceptors (Lipinski definition) is 5. The van der Waals surface area contributed by atoms with E-state index in [1.54, 1.807) is 0 Å². The molecule has 1 aliphatic heterocycles. The van der Waals surface area contributed by atoms with Crippen molar-refractivity contribution in [1.29, 1.82) is 0 Å². The molecule has 1 amide bonds. The van der Waals surface area contributed by atoms with Gasteiger partial charge in [0.05, 0.1) is 19.1 Å². The highest BCUT2D eigenvalue weighted by Crippen LogP contribution is 2.19. The molecule has 1 N–H and O–H groups in total. The minimum absolute atomic E-state index is 0.162. The number of benzene rings is 1. The number of amides is 1. The summed E-state index contributed by atoms with van der Waals surface area (Å²) in [5.74, 6) is -0.933. The first-order valence-electron chi connectivity index (χ1n) is 6.81. The van der Waals surface area contributed by atoms with Crippen LogP contribution in [0.1, 0.15) is 12.0 Å². The summed E-state index contributed by atoms with van der Waals surface area (Å²) in [5, 5.41) is 9.77. The second kappa shape index (κ2) is 7.08. The lowest BCUT2D eigenvalue weighted by molar-refractivity contribution is -0.148. The van der Waals surface area contributed by atoms with Gasteiger partial charge in [0.2, 0.25) is 0 Å². The van der Waals surface area contributed by atoms with E-state index < -0.39 is 24.1 Å². The van der Waals surface area contributed by atoms with Gasteiger partial charge in [-0.3, -0.25) is 4.79 Å². The Labute approximate surface area is 123 Å². The van der Waals surface area contributed by atoms with E-state index >= 15 is 0 Å². The third-order valence-electron chi connectivity index (χ3n) is 3.43. The summed E-state index contributed by atoms with van der Waals surface area (Å²) in [7, 11) is 1.29. The number of methoxy groups -OCH3 is 1. The zero-order chi connectivity index (χ0) is 15.2. The molecule has 1 heterocycles. The summed E-state index contributed by atoms with van der Waals surface area (Å²) in [6, 6.07) is 9.32. The maximum absolute atomic E-state index is 12.0. The third-order valence-corrected chi connectivity index (χ3v) is 3.43. The molecular weight excluding hydrogens is 274 g/mol. The third kappa shape index (κ3) is 4.19. The number of likely N-dealkylation sites (tertiary alicyclic amines) is 1. The zero-order valence-corrected chi connectivity index (χ0v) is 11.9. The molecular formula is C15H19NO5. The maximum atomic E-state index is 12.0. The van der Waals surface area contributed by atoms with E-state index in [2.05, 4.69) is 4.74 Å². The Balaban J connectivity index is 1.90. The number of carbonyl (C=O) groups is 2. The van der Waals surface area contributed by atoms with E-state index in [0.717, 1.165) is 5.56 Å². The van der Waals surface area contributed by atoms with Crippen LogP contribution >= 0.6 is 0 Å². The van der Waals surface area contributed by atoms with Crippen LogP contribution < -0.4 is 0 Å². The lowest BCUT2D eigenvalue weighted by atomic mass is 9.96. The van der Waals surface area contributed by atoms with Crippen LogP contribution in [0.2, 0.25) is 0 Å². The van der Waals surface area contributed by atoms with Crippen LogP contribution in [-0.4, -0.2) is 48.4 Å². The molecule has 0 bridgehead atoms. The fourth-order valence-corrected chi connectivity index (χ4v) is 2.37. The zero-order valence-electron chi connectivity index (χ0n) is 11.9. The van der Waals surface area contributed by atoms with Gasteiger partial charge >= 0.3 is 12.1 Å². The van der Waals surface area contributed by atoms with Crippen molar-refractivity contribution in [3.05, 3.63) is 35.9 Å². The fraction of sp³-hybridized carbons (Fsp3) is 0.467. The molecule has 1 aliphatic rings. The van der Waals surface area contributed by atoms with Crippen molar-refractivity contribution in [1.82, 2.24) is 4.90 Å². The summed E-state index contributed by atoms with van der Waals surface area (Å²) >= 11 is 0. The Morgan fingerprint density at radius 1 is 1.29 bits per heavy atom. The minimum Gasteiger partial charge on any atom is -0.469 e. The van der Waals surface area contributed by atoms with Gasteiger partial charge in [0.15, 0.2) is 0 Å². The number of carbonyl (C=O) groups excluding carboxylic acids is 2. The summed E-state index contributed by atoms with van der Waals surface area (Å²) in [4.78, 5) is 24.9. The molecule has 2 rings (SSSR count). The van der Waals surface area contributed by atoms with Crippen LogP contribution in [0.4, 0.5) is 4.79 Å². The SMILES string of the molecule is COC(=O)C1CC(O)CN(C(=O)OCc2ccccc2)C1. The van der Waals surface area contributed by atoms with Crippen molar-refractivity contribution in [2.45, 2.75) is 19.1 Å². The van der Waals surface area contributed by atoms with Crippen molar-refractivity contribution in [2.75, 3.05) is 20.2 Å². The van der Waals surface area contributed by atoms with E-state index in [1.807, 2.05) is 30.3 Å². The first-order valence-corrected chi connectivity index (χ1v) is 6.81. The summed E-state index contributed by atoms with van der Waals surface area (Å²) in [6.45, 7) is 0.535. The summed E-state index contributed by atoms with van der Waals surface area (Å²) in [6.07, 6.45) is -0.978. The Hall–Kier alpha value is -2.08. The molecule has 21 heavy (non-hydrogen) atoms. The molecule has 1 aromatic carbocycles. The Morgan fingerprint density at radius 2 is 2.00 bits per heavy atom. The lowest BCUT2D eigenvalue weighted by Gasteiger charge is -2.33. The van der Waals surface area contributed by atoms with Crippen molar-refractivity contribution in [3.8, 4) is 0 Å². The van der Waals surface area contributed by atoms with Gasteiger partial charge in [-0.15, -0.1) is 0 Å². The van der Waals surface area contributed by atoms with Gasteiger partial charge < -0.3 is 19.5 Å². The van der Waals surface area contributed by atoms with Crippen LogP contribution in [0.5, 0.6) is 0 Å². The molecule has 2 atom stereocenters. The van der Waals surface area contributed by atoms with Crippen LogP contribution in [0, 0.1) is 5.92 Å².